The minimum absolute atomic E-state index is 0.313. The van der Waals surface area contributed by atoms with E-state index in [4.69, 9.17) is 5.73 Å². The average Bonchev–Trinajstić information content (AvgIpc) is 2.15. The van der Waals surface area contributed by atoms with Gasteiger partial charge in [0.15, 0.2) is 0 Å². The quantitative estimate of drug-likeness (QED) is 0.663. The Labute approximate surface area is 97.8 Å². The summed E-state index contributed by atoms with van der Waals surface area (Å²) in [6, 6.07) is 4.36. The second kappa shape index (κ2) is 6.43. The Balaban J connectivity index is 2.21. The van der Waals surface area contributed by atoms with Crippen molar-refractivity contribution in [2.75, 3.05) is 5.75 Å². The predicted molar refractivity (Wildman–Crippen MR) is 65.5 cm³/mol. The lowest BCUT2D eigenvalue weighted by atomic mass is 10.2. The molecule has 0 saturated carbocycles. The van der Waals surface area contributed by atoms with Crippen molar-refractivity contribution in [3.63, 3.8) is 0 Å². The summed E-state index contributed by atoms with van der Waals surface area (Å²) in [6.07, 6.45) is 4.07. The topological polar surface area (TPSA) is 38.9 Å². The van der Waals surface area contributed by atoms with Gasteiger partial charge in [-0.25, -0.2) is 4.98 Å². The van der Waals surface area contributed by atoms with Crippen LogP contribution in [0, 0.1) is 0 Å². The highest BCUT2D eigenvalue weighted by molar-refractivity contribution is 9.10. The number of halogens is 1. The Kier molecular flexibility index (Phi) is 5.52. The van der Waals surface area contributed by atoms with Gasteiger partial charge in [0.05, 0.1) is 5.03 Å². The van der Waals surface area contributed by atoms with E-state index in [0.717, 1.165) is 28.1 Å². The molecule has 1 heterocycles. The largest absolute Gasteiger partial charge is 0.328 e. The van der Waals surface area contributed by atoms with Gasteiger partial charge in [0.2, 0.25) is 0 Å². The Morgan fingerprint density at radius 2 is 2.36 bits per heavy atom. The third-order valence-corrected chi connectivity index (χ3v) is 3.25. The zero-order chi connectivity index (χ0) is 10.4. The van der Waals surface area contributed by atoms with Crippen LogP contribution in [0.2, 0.25) is 0 Å². The first-order valence-electron chi connectivity index (χ1n) is 4.68. The molecule has 0 saturated heterocycles. The number of pyridine rings is 1. The highest BCUT2D eigenvalue weighted by atomic mass is 79.9. The maximum Gasteiger partial charge on any atom is 0.0960 e. The third-order valence-electron chi connectivity index (χ3n) is 1.75. The normalized spacial score (nSPS) is 12.8. The Bertz CT molecular complexity index is 261. The summed E-state index contributed by atoms with van der Waals surface area (Å²) in [4.78, 5) is 4.28. The summed E-state index contributed by atoms with van der Waals surface area (Å²) in [5.74, 6) is 1.09. The molecule has 0 radical (unpaired) electrons. The fourth-order valence-electron chi connectivity index (χ4n) is 1.03. The van der Waals surface area contributed by atoms with Crippen molar-refractivity contribution >= 4 is 27.7 Å². The van der Waals surface area contributed by atoms with Crippen molar-refractivity contribution in [2.45, 2.75) is 30.8 Å². The second-order valence-corrected chi connectivity index (χ2v) is 5.31. The Hall–Kier alpha value is -0.0600. The van der Waals surface area contributed by atoms with E-state index in [1.165, 1.54) is 0 Å². The third kappa shape index (κ3) is 4.98. The van der Waals surface area contributed by atoms with Gasteiger partial charge in [0, 0.05) is 16.7 Å². The monoisotopic (exact) mass is 274 g/mol. The van der Waals surface area contributed by atoms with Gasteiger partial charge in [-0.15, -0.1) is 11.8 Å². The van der Waals surface area contributed by atoms with E-state index in [9.17, 15) is 0 Å². The number of nitrogens with zero attached hydrogens (tertiary/aromatic N) is 1. The van der Waals surface area contributed by atoms with Crippen molar-refractivity contribution in [3.05, 3.63) is 22.8 Å². The van der Waals surface area contributed by atoms with Gasteiger partial charge in [-0.2, -0.15) is 0 Å². The van der Waals surface area contributed by atoms with Gasteiger partial charge < -0.3 is 5.73 Å². The molecule has 0 aliphatic heterocycles. The fourth-order valence-corrected chi connectivity index (χ4v) is 2.08. The van der Waals surface area contributed by atoms with Gasteiger partial charge in [0.1, 0.15) is 0 Å². The minimum atomic E-state index is 0.313. The summed E-state index contributed by atoms with van der Waals surface area (Å²) in [5, 5.41) is 1.08. The number of hydrogen-bond donors (Lipinski definition) is 1. The Morgan fingerprint density at radius 3 is 2.93 bits per heavy atom. The molecule has 0 spiro atoms. The maximum atomic E-state index is 5.66. The van der Waals surface area contributed by atoms with Crippen LogP contribution >= 0.6 is 27.7 Å². The van der Waals surface area contributed by atoms with Crippen LogP contribution in [-0.4, -0.2) is 16.8 Å². The van der Waals surface area contributed by atoms with Gasteiger partial charge in [0.25, 0.3) is 0 Å². The van der Waals surface area contributed by atoms with E-state index in [-0.39, 0.29) is 0 Å². The first-order chi connectivity index (χ1) is 6.68. The SMILES string of the molecule is CC(N)CCCSc1ccc(Br)cn1. The van der Waals surface area contributed by atoms with Crippen molar-refractivity contribution in [1.29, 1.82) is 0 Å². The highest BCUT2D eigenvalue weighted by Gasteiger charge is 1.97. The first kappa shape index (κ1) is 12.0. The zero-order valence-electron chi connectivity index (χ0n) is 8.24. The molecule has 2 N–H and O–H groups in total. The lowest BCUT2D eigenvalue weighted by molar-refractivity contribution is 0.656. The van der Waals surface area contributed by atoms with E-state index in [1.54, 1.807) is 11.8 Å². The van der Waals surface area contributed by atoms with E-state index in [2.05, 4.69) is 20.9 Å². The first-order valence-corrected chi connectivity index (χ1v) is 6.46. The van der Waals surface area contributed by atoms with Gasteiger partial charge >= 0.3 is 0 Å². The van der Waals surface area contributed by atoms with Crippen molar-refractivity contribution in [2.24, 2.45) is 5.73 Å². The van der Waals surface area contributed by atoms with Gasteiger partial charge in [-0.05, 0) is 53.6 Å². The molecule has 1 unspecified atom stereocenters. The lowest BCUT2D eigenvalue weighted by Gasteiger charge is -2.03. The van der Waals surface area contributed by atoms with Crippen LogP contribution in [0.4, 0.5) is 0 Å². The zero-order valence-corrected chi connectivity index (χ0v) is 10.6. The molecule has 14 heavy (non-hydrogen) atoms. The van der Waals surface area contributed by atoms with E-state index in [1.807, 2.05) is 25.3 Å². The van der Waals surface area contributed by atoms with Crippen LogP contribution in [-0.2, 0) is 0 Å². The molecule has 0 amide bonds. The summed E-state index contributed by atoms with van der Waals surface area (Å²) in [5.41, 5.74) is 5.66. The molecule has 0 aliphatic carbocycles. The summed E-state index contributed by atoms with van der Waals surface area (Å²) >= 11 is 5.14. The van der Waals surface area contributed by atoms with Crippen molar-refractivity contribution in [1.82, 2.24) is 4.98 Å². The molecular formula is C10H15BrN2S. The average molecular weight is 275 g/mol. The molecule has 1 aromatic rings. The molecule has 78 valence electrons. The number of thioether (sulfide) groups is 1. The molecule has 1 aromatic heterocycles. The van der Waals surface area contributed by atoms with Crippen LogP contribution in [0.5, 0.6) is 0 Å². The molecule has 0 aliphatic rings. The van der Waals surface area contributed by atoms with Crippen LogP contribution < -0.4 is 5.73 Å². The van der Waals surface area contributed by atoms with E-state index in [0.29, 0.717) is 6.04 Å². The summed E-state index contributed by atoms with van der Waals surface area (Å²) < 4.78 is 1.03. The molecular weight excluding hydrogens is 260 g/mol. The van der Waals surface area contributed by atoms with E-state index < -0.39 is 0 Å². The van der Waals surface area contributed by atoms with Crippen LogP contribution in [0.3, 0.4) is 0 Å². The molecule has 1 rings (SSSR count). The van der Waals surface area contributed by atoms with Gasteiger partial charge in [-0.1, -0.05) is 0 Å². The summed E-state index contributed by atoms with van der Waals surface area (Å²) in [7, 11) is 0. The van der Waals surface area contributed by atoms with Crippen molar-refractivity contribution in [3.8, 4) is 0 Å². The molecule has 2 nitrogen and oxygen atoms in total. The number of rotatable bonds is 5. The number of nitrogens with two attached hydrogens (primary N) is 1. The van der Waals surface area contributed by atoms with Crippen LogP contribution in [0.15, 0.2) is 27.8 Å². The Morgan fingerprint density at radius 1 is 1.57 bits per heavy atom. The number of aromatic nitrogens is 1. The molecule has 0 bridgehead atoms. The maximum absolute atomic E-state index is 5.66. The molecule has 4 heteroatoms. The van der Waals surface area contributed by atoms with Crippen molar-refractivity contribution < 1.29 is 0 Å². The summed E-state index contributed by atoms with van der Waals surface area (Å²) in [6.45, 7) is 2.04. The molecule has 0 aromatic carbocycles. The van der Waals surface area contributed by atoms with E-state index >= 15 is 0 Å². The van der Waals surface area contributed by atoms with Crippen LogP contribution in [0.25, 0.3) is 0 Å². The predicted octanol–water partition coefficient (Wildman–Crippen LogP) is 3.06. The van der Waals surface area contributed by atoms with Gasteiger partial charge in [-0.3, -0.25) is 0 Å². The van der Waals surface area contributed by atoms with Crippen LogP contribution in [0.1, 0.15) is 19.8 Å². The highest BCUT2D eigenvalue weighted by Crippen LogP contribution is 2.18. The molecule has 0 fully saturated rings. The minimum Gasteiger partial charge on any atom is -0.328 e. The fraction of sp³-hybridized carbons (Fsp3) is 0.500. The lowest BCUT2D eigenvalue weighted by Crippen LogP contribution is -2.14. The molecule has 1 atom stereocenters. The number of hydrogen-bond acceptors (Lipinski definition) is 3. The second-order valence-electron chi connectivity index (χ2n) is 3.28. The smallest absolute Gasteiger partial charge is 0.0960 e. The standard InChI is InChI=1S/C10H15BrN2S/c1-8(12)3-2-6-14-10-5-4-9(11)7-13-10/h4-5,7-8H,2-3,6,12H2,1H3.